The number of nitrogen functional groups attached to an aromatic ring is 1. The van der Waals surface area contributed by atoms with E-state index in [0.29, 0.717) is 30.9 Å². The standard InChI is InChI=1S/C27H27N7O/c1-3-18-8-6-9-20(13-18)31-27(35)34-12-11-23-22(16-34)24(21-10-5-4-7-17(21)2)33-25(32-23)19-14-29-26(28)30-15-19/h4-10,13-15H,3,11-12,16H2,1-2H3,(H,31,35)(H2,28,29,30). The normalized spacial score (nSPS) is 12.8. The fourth-order valence-corrected chi connectivity index (χ4v) is 4.30. The van der Waals surface area contributed by atoms with E-state index in [0.717, 1.165) is 40.2 Å². The van der Waals surface area contributed by atoms with Crippen molar-refractivity contribution >= 4 is 17.7 Å². The van der Waals surface area contributed by atoms with Gasteiger partial charge in [0, 0.05) is 42.2 Å². The molecule has 176 valence electrons. The van der Waals surface area contributed by atoms with Crippen LogP contribution in [0.4, 0.5) is 16.4 Å². The maximum Gasteiger partial charge on any atom is 0.322 e. The van der Waals surface area contributed by atoms with Crippen LogP contribution in [-0.2, 0) is 19.4 Å². The molecule has 35 heavy (non-hydrogen) atoms. The zero-order valence-electron chi connectivity index (χ0n) is 19.8. The summed E-state index contributed by atoms with van der Waals surface area (Å²) in [7, 11) is 0. The molecule has 1 aliphatic heterocycles. The fourth-order valence-electron chi connectivity index (χ4n) is 4.30. The van der Waals surface area contributed by atoms with Gasteiger partial charge in [0.15, 0.2) is 5.82 Å². The molecular formula is C27H27N7O. The highest BCUT2D eigenvalue weighted by atomic mass is 16.2. The summed E-state index contributed by atoms with van der Waals surface area (Å²) in [4.78, 5) is 32.9. The van der Waals surface area contributed by atoms with E-state index >= 15 is 0 Å². The maximum atomic E-state index is 13.2. The number of nitrogens with two attached hydrogens (primary N) is 1. The highest BCUT2D eigenvalue weighted by molar-refractivity contribution is 5.89. The van der Waals surface area contributed by atoms with Crippen LogP contribution in [0.25, 0.3) is 22.6 Å². The third-order valence-corrected chi connectivity index (χ3v) is 6.26. The van der Waals surface area contributed by atoms with E-state index in [4.69, 9.17) is 15.7 Å². The average molecular weight is 466 g/mol. The Bertz CT molecular complexity index is 1380. The number of hydrogen-bond acceptors (Lipinski definition) is 6. The van der Waals surface area contributed by atoms with Crippen LogP contribution in [0.3, 0.4) is 0 Å². The van der Waals surface area contributed by atoms with Gasteiger partial charge in [0.2, 0.25) is 5.95 Å². The molecule has 0 spiro atoms. The minimum absolute atomic E-state index is 0.129. The number of hydrogen-bond donors (Lipinski definition) is 2. The summed E-state index contributed by atoms with van der Waals surface area (Å²) in [5, 5.41) is 3.05. The summed E-state index contributed by atoms with van der Waals surface area (Å²) >= 11 is 0. The lowest BCUT2D eigenvalue weighted by Gasteiger charge is -2.30. The number of carbonyl (C=O) groups is 1. The molecule has 3 N–H and O–H groups in total. The van der Waals surface area contributed by atoms with Crippen LogP contribution < -0.4 is 11.1 Å². The number of nitrogens with zero attached hydrogens (tertiary/aromatic N) is 5. The third-order valence-electron chi connectivity index (χ3n) is 6.26. The molecule has 3 heterocycles. The molecule has 0 fully saturated rings. The zero-order valence-corrected chi connectivity index (χ0v) is 19.8. The Balaban J connectivity index is 1.51. The van der Waals surface area contributed by atoms with Gasteiger partial charge in [0.25, 0.3) is 0 Å². The number of fused-ring (bicyclic) bond motifs is 1. The van der Waals surface area contributed by atoms with E-state index < -0.39 is 0 Å². The largest absolute Gasteiger partial charge is 0.368 e. The van der Waals surface area contributed by atoms with Crippen molar-refractivity contribution in [2.75, 3.05) is 17.6 Å². The Morgan fingerprint density at radius 2 is 1.89 bits per heavy atom. The molecule has 0 atom stereocenters. The first-order valence-corrected chi connectivity index (χ1v) is 11.7. The summed E-state index contributed by atoms with van der Waals surface area (Å²) in [5.74, 6) is 0.758. The molecule has 0 saturated heterocycles. The predicted molar refractivity (Wildman–Crippen MR) is 137 cm³/mol. The molecule has 0 radical (unpaired) electrons. The van der Waals surface area contributed by atoms with Gasteiger partial charge in [-0.2, -0.15) is 0 Å². The quantitative estimate of drug-likeness (QED) is 0.454. The Hall–Kier alpha value is -4.33. The van der Waals surface area contributed by atoms with Crippen LogP contribution in [0, 0.1) is 6.92 Å². The van der Waals surface area contributed by atoms with Gasteiger partial charge in [-0.1, -0.05) is 43.3 Å². The van der Waals surface area contributed by atoms with Crippen LogP contribution in [-0.4, -0.2) is 37.4 Å². The monoisotopic (exact) mass is 465 g/mol. The Morgan fingerprint density at radius 1 is 1.09 bits per heavy atom. The van der Waals surface area contributed by atoms with Gasteiger partial charge >= 0.3 is 6.03 Å². The second kappa shape index (κ2) is 9.50. The first-order valence-electron chi connectivity index (χ1n) is 11.7. The molecule has 0 aliphatic carbocycles. The summed E-state index contributed by atoms with van der Waals surface area (Å²) in [6, 6.07) is 15.9. The fraction of sp³-hybridized carbons (Fsp3) is 0.222. The molecule has 0 saturated carbocycles. The number of nitrogens with one attached hydrogen (secondary N) is 1. The Morgan fingerprint density at radius 3 is 2.66 bits per heavy atom. The SMILES string of the molecule is CCc1cccc(NC(=O)N2CCc3nc(-c4cnc(N)nc4)nc(-c4ccccc4C)c3C2)c1. The Kier molecular flexibility index (Phi) is 6.10. The van der Waals surface area contributed by atoms with Crippen LogP contribution in [0.2, 0.25) is 0 Å². The number of carbonyl (C=O) groups excluding carboxylic acids is 1. The van der Waals surface area contributed by atoms with E-state index in [2.05, 4.69) is 47.3 Å². The average Bonchev–Trinajstić information content (AvgIpc) is 2.88. The number of amides is 2. The highest BCUT2D eigenvalue weighted by Crippen LogP contribution is 2.32. The van der Waals surface area contributed by atoms with Crippen molar-refractivity contribution in [3.63, 3.8) is 0 Å². The lowest BCUT2D eigenvalue weighted by molar-refractivity contribution is 0.206. The number of urea groups is 1. The molecule has 8 heteroatoms. The van der Waals surface area contributed by atoms with Gasteiger partial charge < -0.3 is 16.0 Å². The minimum Gasteiger partial charge on any atom is -0.368 e. The first-order chi connectivity index (χ1) is 17.0. The molecule has 0 bridgehead atoms. The summed E-state index contributed by atoms with van der Waals surface area (Å²) < 4.78 is 0. The van der Waals surface area contributed by atoms with Crippen molar-refractivity contribution in [1.82, 2.24) is 24.8 Å². The molecule has 0 unspecified atom stereocenters. The van der Waals surface area contributed by atoms with Gasteiger partial charge in [0.1, 0.15) is 0 Å². The number of aryl methyl sites for hydroxylation is 2. The van der Waals surface area contributed by atoms with Crippen LogP contribution in [0.15, 0.2) is 60.9 Å². The molecule has 5 rings (SSSR count). The summed E-state index contributed by atoms with van der Waals surface area (Å²) in [6.07, 6.45) is 4.82. The maximum absolute atomic E-state index is 13.2. The van der Waals surface area contributed by atoms with Crippen molar-refractivity contribution in [1.29, 1.82) is 0 Å². The van der Waals surface area contributed by atoms with Crippen molar-refractivity contribution in [2.24, 2.45) is 0 Å². The Labute approximate surface area is 204 Å². The van der Waals surface area contributed by atoms with Gasteiger partial charge in [-0.15, -0.1) is 0 Å². The van der Waals surface area contributed by atoms with Crippen molar-refractivity contribution < 1.29 is 4.79 Å². The van der Waals surface area contributed by atoms with Crippen LogP contribution >= 0.6 is 0 Å². The predicted octanol–water partition coefficient (Wildman–Crippen LogP) is 4.64. The van der Waals surface area contributed by atoms with Gasteiger partial charge in [-0.05, 0) is 36.6 Å². The number of aromatic nitrogens is 4. The van der Waals surface area contributed by atoms with E-state index in [1.54, 1.807) is 12.4 Å². The molecule has 2 aromatic heterocycles. The summed E-state index contributed by atoms with van der Waals surface area (Å²) in [5.41, 5.74) is 13.2. The van der Waals surface area contributed by atoms with E-state index in [1.807, 2.05) is 35.2 Å². The summed E-state index contributed by atoms with van der Waals surface area (Å²) in [6.45, 7) is 5.15. The highest BCUT2D eigenvalue weighted by Gasteiger charge is 2.27. The van der Waals surface area contributed by atoms with Gasteiger partial charge in [-0.3, -0.25) is 0 Å². The molecule has 1 aliphatic rings. The van der Waals surface area contributed by atoms with Crippen molar-refractivity contribution in [3.05, 3.63) is 83.3 Å². The van der Waals surface area contributed by atoms with Crippen LogP contribution in [0.1, 0.15) is 29.3 Å². The minimum atomic E-state index is -0.129. The van der Waals surface area contributed by atoms with E-state index in [1.165, 1.54) is 5.56 Å². The molecular weight excluding hydrogens is 438 g/mol. The lowest BCUT2D eigenvalue weighted by atomic mass is 9.96. The van der Waals surface area contributed by atoms with Crippen LogP contribution in [0.5, 0.6) is 0 Å². The molecule has 4 aromatic rings. The third kappa shape index (κ3) is 4.68. The zero-order chi connectivity index (χ0) is 24.4. The van der Waals surface area contributed by atoms with E-state index in [9.17, 15) is 4.79 Å². The van der Waals surface area contributed by atoms with Crippen molar-refractivity contribution in [3.8, 4) is 22.6 Å². The van der Waals surface area contributed by atoms with Gasteiger partial charge in [0.05, 0.1) is 23.5 Å². The number of rotatable bonds is 4. The number of anilines is 2. The molecule has 8 nitrogen and oxygen atoms in total. The van der Waals surface area contributed by atoms with Crippen molar-refractivity contribution in [2.45, 2.75) is 33.2 Å². The second-order valence-electron chi connectivity index (χ2n) is 8.62. The van der Waals surface area contributed by atoms with Gasteiger partial charge in [-0.25, -0.2) is 24.7 Å². The second-order valence-corrected chi connectivity index (χ2v) is 8.62. The lowest BCUT2D eigenvalue weighted by Crippen LogP contribution is -2.39. The number of benzene rings is 2. The molecule has 2 aromatic carbocycles. The molecule has 2 amide bonds. The topological polar surface area (TPSA) is 110 Å². The van der Waals surface area contributed by atoms with E-state index in [-0.39, 0.29) is 12.0 Å². The smallest absolute Gasteiger partial charge is 0.322 e. The first kappa shape index (κ1) is 22.5.